The molecule has 0 aliphatic heterocycles. The molecule has 2 atom stereocenters. The first-order valence-electron chi connectivity index (χ1n) is 9.78. The molecule has 0 bridgehead atoms. The van der Waals surface area contributed by atoms with Crippen molar-refractivity contribution in [2.45, 2.75) is 12.8 Å². The molecular weight excluding hydrogens is 378 g/mol. The van der Waals surface area contributed by atoms with Crippen molar-refractivity contribution in [3.05, 3.63) is 107 Å². The second-order valence-electron chi connectivity index (χ2n) is 7.34. The summed E-state index contributed by atoms with van der Waals surface area (Å²) in [5, 5.41) is 13.5. The number of imidazole rings is 1. The van der Waals surface area contributed by atoms with Gasteiger partial charge in [-0.15, -0.1) is 0 Å². The summed E-state index contributed by atoms with van der Waals surface area (Å²) in [6, 6.07) is 23.1. The predicted molar refractivity (Wildman–Crippen MR) is 116 cm³/mol. The zero-order valence-electron chi connectivity index (χ0n) is 16.5. The average molecular weight is 399 g/mol. The molecule has 4 aromatic rings. The molecule has 0 aliphatic carbocycles. The van der Waals surface area contributed by atoms with Crippen LogP contribution in [0.5, 0.6) is 0 Å². The van der Waals surface area contributed by atoms with Gasteiger partial charge >= 0.3 is 0 Å². The Morgan fingerprint density at radius 2 is 1.73 bits per heavy atom. The minimum Gasteiger partial charge on any atom is -0.297 e. The maximum Gasteiger partial charge on any atom is 0.211 e. The second kappa shape index (κ2) is 8.29. The van der Waals surface area contributed by atoms with E-state index in [2.05, 4.69) is 4.98 Å². The number of para-hydroxylation sites is 1. The van der Waals surface area contributed by atoms with E-state index in [-0.39, 0.29) is 23.1 Å². The highest BCUT2D eigenvalue weighted by Gasteiger charge is 2.32. The van der Waals surface area contributed by atoms with Crippen molar-refractivity contribution in [3.63, 3.8) is 0 Å². The third-order valence-corrected chi connectivity index (χ3v) is 5.46. The van der Waals surface area contributed by atoms with Gasteiger partial charge in [0.1, 0.15) is 0 Å². The van der Waals surface area contributed by atoms with Crippen LogP contribution in [0, 0.1) is 16.0 Å². The van der Waals surface area contributed by atoms with Gasteiger partial charge in [-0.25, -0.2) is 4.98 Å². The lowest BCUT2D eigenvalue weighted by Crippen LogP contribution is -2.27. The van der Waals surface area contributed by atoms with Gasteiger partial charge in [0.25, 0.3) is 0 Å². The molecule has 30 heavy (non-hydrogen) atoms. The fourth-order valence-corrected chi connectivity index (χ4v) is 3.82. The molecule has 1 heterocycles. The van der Waals surface area contributed by atoms with Crippen LogP contribution in [-0.2, 0) is 0 Å². The first kappa shape index (κ1) is 19.5. The number of aromatic nitrogens is 2. The van der Waals surface area contributed by atoms with Crippen LogP contribution in [-0.4, -0.2) is 26.8 Å². The highest BCUT2D eigenvalue weighted by molar-refractivity contribution is 5.96. The number of rotatable bonds is 7. The molecule has 150 valence electrons. The summed E-state index contributed by atoms with van der Waals surface area (Å²) in [5.41, 5.74) is 1.60. The van der Waals surface area contributed by atoms with E-state index in [9.17, 15) is 14.9 Å². The Morgan fingerprint density at radius 3 is 2.47 bits per heavy atom. The van der Waals surface area contributed by atoms with E-state index in [0.717, 1.165) is 22.0 Å². The van der Waals surface area contributed by atoms with Gasteiger partial charge < -0.3 is 0 Å². The number of Topliss-reactive ketones (excluding diaryl/α,β-unsaturated/α-hetero) is 1. The van der Waals surface area contributed by atoms with Crippen LogP contribution < -0.4 is 0 Å². The van der Waals surface area contributed by atoms with Crippen molar-refractivity contribution >= 4 is 16.6 Å². The van der Waals surface area contributed by atoms with E-state index in [1.54, 1.807) is 23.9 Å². The van der Waals surface area contributed by atoms with Gasteiger partial charge in [0.15, 0.2) is 5.82 Å². The number of carbonyl (C=O) groups excluding carboxylic acids is 1. The normalized spacial score (nSPS) is 13.1. The van der Waals surface area contributed by atoms with E-state index in [1.807, 2.05) is 72.8 Å². The number of hydrogen-bond donors (Lipinski definition) is 0. The lowest BCUT2D eigenvalue weighted by atomic mass is 9.83. The van der Waals surface area contributed by atoms with E-state index in [0.29, 0.717) is 0 Å². The molecule has 0 saturated carbocycles. The Hall–Kier alpha value is -3.80. The molecule has 0 radical (unpaired) electrons. The fraction of sp³-hybridized carbons (Fsp3) is 0.167. The number of nitro groups is 1. The average Bonchev–Trinajstić information content (AvgIpc) is 3.26. The number of ketones is 1. The first-order valence-corrected chi connectivity index (χ1v) is 9.78. The molecule has 0 N–H and O–H groups in total. The molecule has 1 aromatic heterocycles. The summed E-state index contributed by atoms with van der Waals surface area (Å²) in [4.78, 5) is 28.7. The molecule has 0 amide bonds. The van der Waals surface area contributed by atoms with Crippen molar-refractivity contribution in [2.75, 3.05) is 6.54 Å². The van der Waals surface area contributed by atoms with Crippen LogP contribution in [0.2, 0.25) is 0 Å². The minimum atomic E-state index is -0.610. The third kappa shape index (κ3) is 3.85. The van der Waals surface area contributed by atoms with Crippen molar-refractivity contribution in [1.29, 1.82) is 0 Å². The number of hydrogen-bond acceptors (Lipinski definition) is 4. The van der Waals surface area contributed by atoms with Gasteiger partial charge in [-0.1, -0.05) is 67.6 Å². The van der Waals surface area contributed by atoms with Crippen LogP contribution in [0.3, 0.4) is 0 Å². The van der Waals surface area contributed by atoms with Crippen molar-refractivity contribution in [1.82, 2.24) is 9.55 Å². The number of nitrogens with zero attached hydrogens (tertiary/aromatic N) is 3. The third-order valence-electron chi connectivity index (χ3n) is 5.46. The topological polar surface area (TPSA) is 78.0 Å². The summed E-state index contributed by atoms with van der Waals surface area (Å²) >= 11 is 0. The maximum atomic E-state index is 13.4. The van der Waals surface area contributed by atoms with Crippen molar-refractivity contribution in [2.24, 2.45) is 5.92 Å². The molecule has 0 fully saturated rings. The quantitative estimate of drug-likeness (QED) is 0.251. The summed E-state index contributed by atoms with van der Waals surface area (Å²) < 4.78 is 1.72. The molecular formula is C24H21N3O3. The second-order valence-corrected chi connectivity index (χ2v) is 7.34. The predicted octanol–water partition coefficient (Wildman–Crippen LogP) is 4.90. The monoisotopic (exact) mass is 399 g/mol. The zero-order chi connectivity index (χ0) is 21.1. The summed E-state index contributed by atoms with van der Waals surface area (Å²) in [6.07, 6.45) is 3.30. The Morgan fingerprint density at radius 1 is 1.03 bits per heavy atom. The van der Waals surface area contributed by atoms with Gasteiger partial charge in [0, 0.05) is 28.9 Å². The minimum absolute atomic E-state index is 0.219. The van der Waals surface area contributed by atoms with Crippen LogP contribution >= 0.6 is 0 Å². The molecule has 4 rings (SSSR count). The Balaban J connectivity index is 1.70. The summed E-state index contributed by atoms with van der Waals surface area (Å²) in [6.45, 7) is 1.42. The largest absolute Gasteiger partial charge is 0.297 e. The van der Waals surface area contributed by atoms with E-state index in [1.165, 1.54) is 0 Å². The lowest BCUT2D eigenvalue weighted by Gasteiger charge is -2.21. The highest BCUT2D eigenvalue weighted by Crippen LogP contribution is 2.30. The Labute approximate surface area is 174 Å². The van der Waals surface area contributed by atoms with Crippen molar-refractivity contribution < 1.29 is 9.72 Å². The van der Waals surface area contributed by atoms with E-state index >= 15 is 0 Å². The van der Waals surface area contributed by atoms with Crippen LogP contribution in [0.15, 0.2) is 85.2 Å². The summed E-state index contributed by atoms with van der Waals surface area (Å²) in [5.74, 6) is -1.11. The van der Waals surface area contributed by atoms with Gasteiger partial charge in [0.2, 0.25) is 12.3 Å². The molecule has 0 unspecified atom stereocenters. The van der Waals surface area contributed by atoms with Gasteiger partial charge in [0.05, 0.1) is 5.92 Å². The molecule has 6 nitrogen and oxygen atoms in total. The molecule has 6 heteroatoms. The smallest absolute Gasteiger partial charge is 0.211 e. The van der Waals surface area contributed by atoms with Crippen molar-refractivity contribution in [3.8, 4) is 5.69 Å². The standard InChI is InChI=1S/C24H21N3O3/c1-17(23(28)24-25-13-14-26(24)21-9-3-2-4-10-21)22(16-27(29)30)20-12-11-18-7-5-6-8-19(18)15-20/h2-15,17,22H,16H2,1H3/t17-,22-/m0/s1. The first-order chi connectivity index (χ1) is 14.5. The van der Waals surface area contributed by atoms with Crippen LogP contribution in [0.4, 0.5) is 0 Å². The Bertz CT molecular complexity index is 1200. The van der Waals surface area contributed by atoms with E-state index < -0.39 is 11.8 Å². The van der Waals surface area contributed by atoms with E-state index in [4.69, 9.17) is 0 Å². The lowest BCUT2D eigenvalue weighted by molar-refractivity contribution is -0.484. The van der Waals surface area contributed by atoms with Crippen LogP contribution in [0.25, 0.3) is 16.5 Å². The molecule has 0 spiro atoms. The molecule has 3 aromatic carbocycles. The highest BCUT2D eigenvalue weighted by atomic mass is 16.6. The number of benzene rings is 3. The molecule has 0 aliphatic rings. The summed E-state index contributed by atoms with van der Waals surface area (Å²) in [7, 11) is 0. The van der Waals surface area contributed by atoms with Gasteiger partial charge in [-0.2, -0.15) is 0 Å². The zero-order valence-corrected chi connectivity index (χ0v) is 16.5. The number of carbonyl (C=O) groups is 1. The molecule has 0 saturated heterocycles. The fourth-order valence-electron chi connectivity index (χ4n) is 3.82. The Kier molecular flexibility index (Phi) is 5.39. The number of fused-ring (bicyclic) bond motifs is 1. The maximum absolute atomic E-state index is 13.4. The van der Waals surface area contributed by atoms with Gasteiger partial charge in [-0.3, -0.25) is 19.5 Å². The van der Waals surface area contributed by atoms with Gasteiger partial charge in [-0.05, 0) is 28.5 Å². The SMILES string of the molecule is C[C@H](C(=O)c1nccn1-c1ccccc1)[C@H](C[N+](=O)[O-])c1ccc2ccccc2c1. The van der Waals surface area contributed by atoms with Crippen LogP contribution in [0.1, 0.15) is 29.0 Å².